The maximum atomic E-state index is 13.0. The zero-order valence-electron chi connectivity index (χ0n) is 14.7. The Balaban J connectivity index is 1.39. The highest BCUT2D eigenvalue weighted by Gasteiger charge is 2.07. The lowest BCUT2D eigenvalue weighted by molar-refractivity contribution is -0.139. The summed E-state index contributed by atoms with van der Waals surface area (Å²) in [5, 5.41) is 3.59. The Morgan fingerprint density at radius 2 is 1.93 bits per heavy atom. The molecular formula is C22H15FN2O2S. The Hall–Kier alpha value is -3.38. The highest BCUT2D eigenvalue weighted by atomic mass is 32.1. The van der Waals surface area contributed by atoms with E-state index in [1.54, 1.807) is 24.4 Å². The van der Waals surface area contributed by atoms with Gasteiger partial charge in [0.15, 0.2) is 0 Å². The number of pyridine rings is 1. The molecule has 0 aliphatic heterocycles. The van der Waals surface area contributed by atoms with Crippen LogP contribution in [0.25, 0.3) is 27.6 Å². The molecule has 4 rings (SSSR count). The third-order valence-corrected chi connectivity index (χ3v) is 5.01. The monoisotopic (exact) mass is 390 g/mol. The molecule has 28 heavy (non-hydrogen) atoms. The van der Waals surface area contributed by atoms with Gasteiger partial charge in [0.25, 0.3) is 0 Å². The molecule has 0 saturated heterocycles. The summed E-state index contributed by atoms with van der Waals surface area (Å²) in [5.41, 5.74) is 3.16. The molecule has 0 bridgehead atoms. The average Bonchev–Trinajstić information content (AvgIpc) is 3.20. The van der Waals surface area contributed by atoms with Gasteiger partial charge in [0.1, 0.15) is 17.4 Å². The van der Waals surface area contributed by atoms with Gasteiger partial charge in [0.2, 0.25) is 0 Å². The van der Waals surface area contributed by atoms with Crippen LogP contribution in [0.3, 0.4) is 0 Å². The predicted octanol–water partition coefficient (Wildman–Crippen LogP) is 5.25. The SMILES string of the molecule is O=C(/C=C\c1cccc2cccnc12)OCc1csc(-c2ccc(F)cc2)n1. The maximum absolute atomic E-state index is 13.0. The second-order valence-electron chi connectivity index (χ2n) is 6.01. The fourth-order valence-electron chi connectivity index (χ4n) is 2.71. The first-order valence-electron chi connectivity index (χ1n) is 8.58. The minimum Gasteiger partial charge on any atom is -0.456 e. The van der Waals surface area contributed by atoms with Crippen LogP contribution < -0.4 is 0 Å². The van der Waals surface area contributed by atoms with Crippen LogP contribution in [0.15, 0.2) is 72.3 Å². The topological polar surface area (TPSA) is 52.1 Å². The van der Waals surface area contributed by atoms with Gasteiger partial charge < -0.3 is 4.74 Å². The van der Waals surface area contributed by atoms with E-state index in [-0.39, 0.29) is 12.4 Å². The Morgan fingerprint density at radius 1 is 1.11 bits per heavy atom. The van der Waals surface area contributed by atoms with Crippen LogP contribution in [-0.2, 0) is 16.1 Å². The molecule has 6 heteroatoms. The number of halogens is 1. The van der Waals surface area contributed by atoms with Crippen molar-refractivity contribution in [3.05, 3.63) is 89.3 Å². The lowest BCUT2D eigenvalue weighted by Crippen LogP contribution is -2.01. The summed E-state index contributed by atoms with van der Waals surface area (Å²) in [5.74, 6) is -0.744. The number of esters is 1. The Kier molecular flexibility index (Phi) is 5.21. The Labute approximate surface area is 165 Å². The number of hydrogen-bond acceptors (Lipinski definition) is 5. The van der Waals surface area contributed by atoms with E-state index in [1.165, 1.54) is 29.5 Å². The number of aromatic nitrogens is 2. The average molecular weight is 390 g/mol. The van der Waals surface area contributed by atoms with Crippen molar-refractivity contribution in [2.45, 2.75) is 6.61 Å². The lowest BCUT2D eigenvalue weighted by Gasteiger charge is -2.01. The van der Waals surface area contributed by atoms with Gasteiger partial charge in [0, 0.05) is 34.2 Å². The summed E-state index contributed by atoms with van der Waals surface area (Å²) < 4.78 is 18.3. The summed E-state index contributed by atoms with van der Waals surface area (Å²) in [4.78, 5) is 20.8. The first-order valence-corrected chi connectivity index (χ1v) is 9.46. The molecule has 2 aromatic heterocycles. The number of carbonyl (C=O) groups excluding carboxylic acids is 1. The first-order chi connectivity index (χ1) is 13.7. The molecule has 0 aliphatic rings. The third-order valence-electron chi connectivity index (χ3n) is 4.07. The maximum Gasteiger partial charge on any atom is 0.331 e. The molecule has 0 fully saturated rings. The van der Waals surface area contributed by atoms with E-state index in [0.29, 0.717) is 5.69 Å². The molecule has 0 unspecified atom stereocenters. The molecule has 0 saturated carbocycles. The van der Waals surface area contributed by atoms with Crippen LogP contribution in [0.1, 0.15) is 11.3 Å². The van der Waals surface area contributed by atoms with Crippen molar-refractivity contribution in [1.29, 1.82) is 0 Å². The van der Waals surface area contributed by atoms with Gasteiger partial charge in [-0.3, -0.25) is 4.98 Å². The minimum atomic E-state index is -0.454. The summed E-state index contributed by atoms with van der Waals surface area (Å²) >= 11 is 1.42. The molecule has 138 valence electrons. The zero-order chi connectivity index (χ0) is 19.3. The number of thiazole rings is 1. The standard InChI is InChI=1S/C22H15FN2O2S/c23-18-9-6-17(7-10-18)22-25-19(14-28-22)13-27-20(26)11-8-16-4-1-3-15-5-2-12-24-21(15)16/h1-12,14H,13H2/b11-8-. The molecule has 2 heterocycles. The van der Waals surface area contributed by atoms with E-state index in [1.807, 2.05) is 35.7 Å². The third kappa shape index (κ3) is 4.13. The van der Waals surface area contributed by atoms with Gasteiger partial charge in [-0.25, -0.2) is 14.2 Å². The highest BCUT2D eigenvalue weighted by Crippen LogP contribution is 2.24. The highest BCUT2D eigenvalue weighted by molar-refractivity contribution is 7.13. The van der Waals surface area contributed by atoms with Crippen molar-refractivity contribution in [3.63, 3.8) is 0 Å². The molecule has 0 N–H and O–H groups in total. The molecule has 0 aliphatic carbocycles. The number of rotatable bonds is 5. The number of ether oxygens (including phenoxy) is 1. The zero-order valence-corrected chi connectivity index (χ0v) is 15.5. The molecular weight excluding hydrogens is 375 g/mol. The normalized spacial score (nSPS) is 11.2. The number of nitrogens with zero attached hydrogens (tertiary/aromatic N) is 2. The van der Waals surface area contributed by atoms with E-state index >= 15 is 0 Å². The molecule has 4 nitrogen and oxygen atoms in total. The lowest BCUT2D eigenvalue weighted by atomic mass is 10.1. The molecule has 0 amide bonds. The fourth-order valence-corrected chi connectivity index (χ4v) is 3.52. The quantitative estimate of drug-likeness (QED) is 0.345. The van der Waals surface area contributed by atoms with E-state index in [4.69, 9.17) is 4.74 Å². The van der Waals surface area contributed by atoms with Gasteiger partial charge >= 0.3 is 5.97 Å². The molecule has 0 atom stereocenters. The van der Waals surface area contributed by atoms with Crippen molar-refractivity contribution in [2.24, 2.45) is 0 Å². The summed E-state index contributed by atoms with van der Waals surface area (Å²) in [6.07, 6.45) is 4.80. The summed E-state index contributed by atoms with van der Waals surface area (Å²) in [6, 6.07) is 15.8. The van der Waals surface area contributed by atoms with Crippen molar-refractivity contribution in [2.75, 3.05) is 0 Å². The number of para-hydroxylation sites is 1. The van der Waals surface area contributed by atoms with E-state index in [0.717, 1.165) is 27.0 Å². The largest absolute Gasteiger partial charge is 0.456 e. The number of benzene rings is 2. The Bertz CT molecular complexity index is 1150. The molecule has 4 aromatic rings. The van der Waals surface area contributed by atoms with E-state index in [2.05, 4.69) is 9.97 Å². The molecule has 0 radical (unpaired) electrons. The van der Waals surface area contributed by atoms with Gasteiger partial charge in [-0.2, -0.15) is 0 Å². The predicted molar refractivity (Wildman–Crippen MR) is 108 cm³/mol. The van der Waals surface area contributed by atoms with Crippen LogP contribution in [0.5, 0.6) is 0 Å². The van der Waals surface area contributed by atoms with Gasteiger partial charge in [-0.05, 0) is 36.4 Å². The first kappa shape index (κ1) is 18.0. The van der Waals surface area contributed by atoms with Gasteiger partial charge in [0.05, 0.1) is 11.2 Å². The van der Waals surface area contributed by atoms with Crippen LogP contribution in [0, 0.1) is 5.82 Å². The number of fused-ring (bicyclic) bond motifs is 1. The second-order valence-corrected chi connectivity index (χ2v) is 6.87. The second kappa shape index (κ2) is 8.10. The van der Waals surface area contributed by atoms with E-state index < -0.39 is 5.97 Å². The van der Waals surface area contributed by atoms with Crippen LogP contribution in [-0.4, -0.2) is 15.9 Å². The summed E-state index contributed by atoms with van der Waals surface area (Å²) in [6.45, 7) is 0.0780. The molecule has 0 spiro atoms. The number of carbonyl (C=O) groups is 1. The van der Waals surface area contributed by atoms with Gasteiger partial charge in [-0.15, -0.1) is 11.3 Å². The van der Waals surface area contributed by atoms with Crippen LogP contribution in [0.4, 0.5) is 4.39 Å². The molecule has 2 aromatic carbocycles. The Morgan fingerprint density at radius 3 is 2.79 bits per heavy atom. The minimum absolute atomic E-state index is 0.0780. The fraction of sp³-hybridized carbons (Fsp3) is 0.0455. The van der Waals surface area contributed by atoms with E-state index in [9.17, 15) is 9.18 Å². The summed E-state index contributed by atoms with van der Waals surface area (Å²) in [7, 11) is 0. The smallest absolute Gasteiger partial charge is 0.331 e. The van der Waals surface area contributed by atoms with Gasteiger partial charge in [-0.1, -0.05) is 24.3 Å². The van der Waals surface area contributed by atoms with Crippen molar-refractivity contribution in [3.8, 4) is 10.6 Å². The van der Waals surface area contributed by atoms with Crippen molar-refractivity contribution in [1.82, 2.24) is 9.97 Å². The van der Waals surface area contributed by atoms with Crippen molar-refractivity contribution < 1.29 is 13.9 Å². The number of hydrogen-bond donors (Lipinski definition) is 0. The van der Waals surface area contributed by atoms with Crippen LogP contribution >= 0.6 is 11.3 Å². The van der Waals surface area contributed by atoms with Crippen LogP contribution in [0.2, 0.25) is 0 Å². The van der Waals surface area contributed by atoms with Crippen molar-refractivity contribution >= 4 is 34.3 Å².